The SMILES string of the molecule is O=c1cc(Cc2ccccc2)nc2nc(Nc3c4c(cc5c3CCC5)CCC4)[nH]n12. The molecule has 0 amide bonds. The van der Waals surface area contributed by atoms with E-state index in [0.29, 0.717) is 18.1 Å². The first-order chi connectivity index (χ1) is 14.7. The number of aromatic amines is 1. The van der Waals surface area contributed by atoms with E-state index < -0.39 is 0 Å². The predicted molar refractivity (Wildman–Crippen MR) is 117 cm³/mol. The van der Waals surface area contributed by atoms with E-state index in [9.17, 15) is 4.79 Å². The molecule has 2 aliphatic carbocycles. The van der Waals surface area contributed by atoms with Crippen molar-refractivity contribution in [1.29, 1.82) is 0 Å². The maximum Gasteiger partial charge on any atom is 0.274 e. The summed E-state index contributed by atoms with van der Waals surface area (Å²) in [4.78, 5) is 21.9. The van der Waals surface area contributed by atoms with E-state index >= 15 is 0 Å². The Kier molecular flexibility index (Phi) is 3.97. The fourth-order valence-electron chi connectivity index (χ4n) is 4.96. The third-order valence-corrected chi connectivity index (χ3v) is 6.33. The van der Waals surface area contributed by atoms with Gasteiger partial charge < -0.3 is 5.32 Å². The summed E-state index contributed by atoms with van der Waals surface area (Å²) in [6.45, 7) is 0. The van der Waals surface area contributed by atoms with Crippen LogP contribution in [-0.2, 0) is 32.1 Å². The van der Waals surface area contributed by atoms with Crippen LogP contribution in [0, 0.1) is 0 Å². The maximum absolute atomic E-state index is 12.7. The standard InChI is InChI=1S/C24H23N5O/c30-21-14-18(12-15-6-2-1-3-7-15)25-24-27-23(28-29(21)24)26-22-19-10-4-8-16(19)13-17-9-5-11-20(17)22/h1-3,6-7,13-14H,4-5,8-12H2,(H2,25,26,27,28). The van der Waals surface area contributed by atoms with Crippen LogP contribution in [0.5, 0.6) is 0 Å². The van der Waals surface area contributed by atoms with E-state index in [4.69, 9.17) is 0 Å². The third-order valence-electron chi connectivity index (χ3n) is 6.33. The summed E-state index contributed by atoms with van der Waals surface area (Å²) < 4.78 is 1.42. The predicted octanol–water partition coefficient (Wildman–Crippen LogP) is 3.73. The summed E-state index contributed by atoms with van der Waals surface area (Å²) in [6, 6.07) is 14.0. The number of nitrogens with one attached hydrogen (secondary N) is 2. The summed E-state index contributed by atoms with van der Waals surface area (Å²) in [7, 11) is 0. The zero-order valence-electron chi connectivity index (χ0n) is 16.7. The van der Waals surface area contributed by atoms with E-state index in [1.807, 2.05) is 30.3 Å². The molecule has 150 valence electrons. The number of hydrogen-bond acceptors (Lipinski definition) is 4. The number of H-pyrrole nitrogens is 1. The summed E-state index contributed by atoms with van der Waals surface area (Å²) >= 11 is 0. The molecule has 4 aromatic rings. The molecule has 0 saturated carbocycles. The molecular weight excluding hydrogens is 374 g/mol. The van der Waals surface area contributed by atoms with Gasteiger partial charge in [0.15, 0.2) is 0 Å². The summed E-state index contributed by atoms with van der Waals surface area (Å²) in [5.41, 5.74) is 8.68. The van der Waals surface area contributed by atoms with Crippen molar-refractivity contribution in [3.8, 4) is 0 Å². The number of rotatable bonds is 4. The molecule has 0 unspecified atom stereocenters. The highest BCUT2D eigenvalue weighted by atomic mass is 16.1. The molecule has 6 nitrogen and oxygen atoms in total. The van der Waals surface area contributed by atoms with E-state index in [2.05, 4.69) is 26.4 Å². The monoisotopic (exact) mass is 397 g/mol. The Balaban J connectivity index is 1.38. The number of hydrogen-bond donors (Lipinski definition) is 2. The number of fused-ring (bicyclic) bond motifs is 3. The lowest BCUT2D eigenvalue weighted by Gasteiger charge is -2.15. The quantitative estimate of drug-likeness (QED) is 0.550. The van der Waals surface area contributed by atoms with Crippen molar-refractivity contribution in [1.82, 2.24) is 19.6 Å². The molecule has 6 heteroatoms. The molecule has 0 saturated heterocycles. The lowest BCUT2D eigenvalue weighted by Crippen LogP contribution is -2.16. The normalized spacial score (nSPS) is 14.8. The minimum atomic E-state index is -0.144. The Bertz CT molecular complexity index is 1290. The van der Waals surface area contributed by atoms with Gasteiger partial charge in [-0.25, -0.2) is 4.98 Å². The molecule has 0 radical (unpaired) electrons. The van der Waals surface area contributed by atoms with Gasteiger partial charge >= 0.3 is 0 Å². The lowest BCUT2D eigenvalue weighted by molar-refractivity contribution is 0.881. The summed E-state index contributed by atoms with van der Waals surface area (Å²) in [5.74, 6) is 0.978. The summed E-state index contributed by atoms with van der Waals surface area (Å²) in [6.07, 6.45) is 7.54. The zero-order valence-corrected chi connectivity index (χ0v) is 16.7. The van der Waals surface area contributed by atoms with Crippen LogP contribution >= 0.6 is 0 Å². The highest BCUT2D eigenvalue weighted by Crippen LogP contribution is 2.39. The lowest BCUT2D eigenvalue weighted by atomic mass is 9.99. The molecule has 0 bridgehead atoms. The van der Waals surface area contributed by atoms with Crippen LogP contribution in [0.2, 0.25) is 0 Å². The first kappa shape index (κ1) is 17.4. The number of anilines is 2. The van der Waals surface area contributed by atoms with E-state index in [0.717, 1.165) is 36.9 Å². The van der Waals surface area contributed by atoms with Crippen LogP contribution in [0.3, 0.4) is 0 Å². The Labute approximate surface area is 174 Å². The molecule has 2 aliphatic rings. The van der Waals surface area contributed by atoms with Gasteiger partial charge in [-0.2, -0.15) is 9.50 Å². The molecule has 2 N–H and O–H groups in total. The molecule has 0 aliphatic heterocycles. The van der Waals surface area contributed by atoms with Gasteiger partial charge in [-0.3, -0.25) is 9.89 Å². The molecule has 6 rings (SSSR count). The van der Waals surface area contributed by atoms with E-state index in [-0.39, 0.29) is 5.56 Å². The molecular formula is C24H23N5O. The van der Waals surface area contributed by atoms with Gasteiger partial charge in [0.25, 0.3) is 11.3 Å². The van der Waals surface area contributed by atoms with Crippen molar-refractivity contribution in [2.45, 2.75) is 44.9 Å². The molecule has 0 atom stereocenters. The summed E-state index contributed by atoms with van der Waals surface area (Å²) in [5, 5.41) is 6.63. The van der Waals surface area contributed by atoms with Crippen LogP contribution in [0.15, 0.2) is 47.3 Å². The van der Waals surface area contributed by atoms with E-state index in [1.165, 1.54) is 45.3 Å². The average molecular weight is 397 g/mol. The van der Waals surface area contributed by atoms with Crippen molar-refractivity contribution in [3.05, 3.63) is 86.3 Å². The maximum atomic E-state index is 12.7. The molecule has 30 heavy (non-hydrogen) atoms. The van der Waals surface area contributed by atoms with Crippen LogP contribution in [0.4, 0.5) is 11.6 Å². The fourth-order valence-corrected chi connectivity index (χ4v) is 4.96. The van der Waals surface area contributed by atoms with Crippen molar-refractivity contribution in [2.24, 2.45) is 0 Å². The highest BCUT2D eigenvalue weighted by Gasteiger charge is 2.24. The van der Waals surface area contributed by atoms with Crippen molar-refractivity contribution in [3.63, 3.8) is 0 Å². The van der Waals surface area contributed by atoms with Gasteiger partial charge in [0.2, 0.25) is 5.95 Å². The number of aryl methyl sites for hydroxylation is 2. The fraction of sp³-hybridized carbons (Fsp3) is 0.292. The Morgan fingerprint density at radius 3 is 2.40 bits per heavy atom. The highest BCUT2D eigenvalue weighted by molar-refractivity contribution is 5.70. The topological polar surface area (TPSA) is 75.1 Å². The van der Waals surface area contributed by atoms with Gasteiger partial charge in [-0.1, -0.05) is 36.4 Å². The van der Waals surface area contributed by atoms with Gasteiger partial charge in [-0.05, 0) is 66.3 Å². The van der Waals surface area contributed by atoms with Gasteiger partial charge in [0.05, 0.1) is 5.69 Å². The van der Waals surface area contributed by atoms with Crippen molar-refractivity contribution >= 4 is 17.4 Å². The molecule has 2 aromatic heterocycles. The zero-order chi connectivity index (χ0) is 20.1. The van der Waals surface area contributed by atoms with Crippen LogP contribution in [0.25, 0.3) is 5.78 Å². The number of aromatic nitrogens is 4. The average Bonchev–Trinajstić information content (AvgIpc) is 3.47. The minimum absolute atomic E-state index is 0.144. The number of nitrogens with zero attached hydrogens (tertiary/aromatic N) is 3. The van der Waals surface area contributed by atoms with Gasteiger partial charge in [0.1, 0.15) is 0 Å². The van der Waals surface area contributed by atoms with Crippen LogP contribution < -0.4 is 10.9 Å². The van der Waals surface area contributed by atoms with Crippen molar-refractivity contribution < 1.29 is 0 Å². The smallest absolute Gasteiger partial charge is 0.274 e. The Hall–Kier alpha value is -3.41. The third kappa shape index (κ3) is 2.91. The molecule has 0 spiro atoms. The number of benzene rings is 2. The van der Waals surface area contributed by atoms with Crippen LogP contribution in [0.1, 0.15) is 46.4 Å². The van der Waals surface area contributed by atoms with Crippen LogP contribution in [-0.4, -0.2) is 19.6 Å². The second-order valence-electron chi connectivity index (χ2n) is 8.31. The van der Waals surface area contributed by atoms with E-state index in [1.54, 1.807) is 6.07 Å². The first-order valence-corrected chi connectivity index (χ1v) is 10.7. The second kappa shape index (κ2) is 6.83. The molecule has 2 aromatic carbocycles. The molecule has 2 heterocycles. The molecule has 0 fully saturated rings. The Morgan fingerprint density at radius 1 is 0.933 bits per heavy atom. The Morgan fingerprint density at radius 2 is 1.67 bits per heavy atom. The van der Waals surface area contributed by atoms with Gasteiger partial charge in [0, 0.05) is 18.2 Å². The largest absolute Gasteiger partial charge is 0.324 e. The van der Waals surface area contributed by atoms with Crippen molar-refractivity contribution in [2.75, 3.05) is 5.32 Å². The first-order valence-electron chi connectivity index (χ1n) is 10.7. The second-order valence-corrected chi connectivity index (χ2v) is 8.31. The van der Waals surface area contributed by atoms with Gasteiger partial charge in [-0.15, -0.1) is 0 Å². The minimum Gasteiger partial charge on any atom is -0.324 e.